The van der Waals surface area contributed by atoms with E-state index in [0.29, 0.717) is 19.4 Å². The molecule has 106 valence electrons. The fraction of sp³-hybridized carbons (Fsp3) is 0.417. The van der Waals surface area contributed by atoms with Crippen molar-refractivity contribution in [1.29, 1.82) is 0 Å². The first-order valence-corrected chi connectivity index (χ1v) is 7.42. The molecule has 2 amide bonds. The number of sulfonamides is 1. The van der Waals surface area contributed by atoms with Crippen molar-refractivity contribution >= 4 is 16.1 Å². The van der Waals surface area contributed by atoms with E-state index in [1.54, 1.807) is 12.1 Å². The molecule has 0 radical (unpaired) electrons. The number of rotatable bonds is 6. The van der Waals surface area contributed by atoms with Crippen molar-refractivity contribution in [2.24, 2.45) is 0 Å². The van der Waals surface area contributed by atoms with Crippen LogP contribution in [0, 0.1) is 6.92 Å². The van der Waals surface area contributed by atoms with Crippen LogP contribution in [0.4, 0.5) is 4.79 Å². The number of hydrogen-bond acceptors (Lipinski definition) is 4. The van der Waals surface area contributed by atoms with Crippen LogP contribution in [-0.2, 0) is 10.0 Å². The van der Waals surface area contributed by atoms with Gasteiger partial charge < -0.3 is 10.4 Å². The molecule has 0 aliphatic heterocycles. The summed E-state index contributed by atoms with van der Waals surface area (Å²) in [4.78, 5) is 11.4. The predicted octanol–water partition coefficient (Wildman–Crippen LogP) is 0.755. The van der Waals surface area contributed by atoms with Gasteiger partial charge in [0, 0.05) is 13.2 Å². The average Bonchev–Trinajstić information content (AvgIpc) is 2.34. The normalized spacial score (nSPS) is 11.1. The van der Waals surface area contributed by atoms with E-state index >= 15 is 0 Å². The molecule has 19 heavy (non-hydrogen) atoms. The minimum Gasteiger partial charge on any atom is -0.396 e. The summed E-state index contributed by atoms with van der Waals surface area (Å²) in [6.45, 7) is 2.21. The highest BCUT2D eigenvalue weighted by Crippen LogP contribution is 2.09. The summed E-state index contributed by atoms with van der Waals surface area (Å²) in [5, 5.41) is 11.0. The van der Waals surface area contributed by atoms with E-state index in [1.165, 1.54) is 12.1 Å². The summed E-state index contributed by atoms with van der Waals surface area (Å²) in [5.41, 5.74) is 0.937. The van der Waals surface area contributed by atoms with Crippen molar-refractivity contribution in [1.82, 2.24) is 10.0 Å². The first-order valence-electron chi connectivity index (χ1n) is 5.94. The van der Waals surface area contributed by atoms with Crippen LogP contribution < -0.4 is 10.0 Å². The number of amides is 2. The van der Waals surface area contributed by atoms with Gasteiger partial charge in [-0.3, -0.25) is 0 Å². The second kappa shape index (κ2) is 7.10. The highest BCUT2D eigenvalue weighted by molar-refractivity contribution is 7.90. The molecule has 0 saturated carbocycles. The molecule has 7 heteroatoms. The Kier molecular flexibility index (Phi) is 5.78. The zero-order valence-electron chi connectivity index (χ0n) is 10.7. The third-order valence-electron chi connectivity index (χ3n) is 2.43. The Labute approximate surface area is 112 Å². The molecule has 6 nitrogen and oxygen atoms in total. The van der Waals surface area contributed by atoms with Crippen LogP contribution in [0.15, 0.2) is 29.2 Å². The minimum atomic E-state index is -3.83. The Morgan fingerprint density at radius 2 is 1.84 bits per heavy atom. The number of urea groups is 1. The molecule has 0 unspecified atom stereocenters. The van der Waals surface area contributed by atoms with Gasteiger partial charge in [-0.2, -0.15) is 0 Å². The van der Waals surface area contributed by atoms with Crippen molar-refractivity contribution in [3.8, 4) is 0 Å². The second-order valence-corrected chi connectivity index (χ2v) is 5.79. The van der Waals surface area contributed by atoms with Gasteiger partial charge in [0.1, 0.15) is 0 Å². The third kappa shape index (κ3) is 5.27. The van der Waals surface area contributed by atoms with E-state index < -0.39 is 16.1 Å². The molecule has 0 aliphatic rings. The monoisotopic (exact) mass is 286 g/mol. The molecule has 1 aromatic carbocycles. The largest absolute Gasteiger partial charge is 0.396 e. The van der Waals surface area contributed by atoms with Crippen molar-refractivity contribution in [3.05, 3.63) is 29.8 Å². The molecule has 0 aliphatic carbocycles. The molecule has 0 bridgehead atoms. The van der Waals surface area contributed by atoms with Crippen molar-refractivity contribution in [2.45, 2.75) is 24.7 Å². The molecular weight excluding hydrogens is 268 g/mol. The van der Waals surface area contributed by atoms with Gasteiger partial charge in [-0.1, -0.05) is 17.7 Å². The minimum absolute atomic E-state index is 0.0450. The van der Waals surface area contributed by atoms with Crippen LogP contribution in [0.25, 0.3) is 0 Å². The Balaban J connectivity index is 2.55. The summed E-state index contributed by atoms with van der Waals surface area (Å²) in [6, 6.07) is 5.44. The van der Waals surface area contributed by atoms with Gasteiger partial charge in [0.2, 0.25) is 0 Å². The summed E-state index contributed by atoms with van der Waals surface area (Å²) in [6.07, 6.45) is 1.15. The molecule has 0 saturated heterocycles. The average molecular weight is 286 g/mol. The lowest BCUT2D eigenvalue weighted by Gasteiger charge is -2.08. The van der Waals surface area contributed by atoms with Gasteiger partial charge >= 0.3 is 6.03 Å². The molecule has 1 rings (SSSR count). The van der Waals surface area contributed by atoms with Crippen LogP contribution in [0.2, 0.25) is 0 Å². The maximum absolute atomic E-state index is 11.8. The molecule has 0 spiro atoms. The van der Waals surface area contributed by atoms with Gasteiger partial charge in [0.05, 0.1) is 4.90 Å². The first-order chi connectivity index (χ1) is 8.95. The number of carbonyl (C=O) groups excluding carboxylic acids is 1. The number of aliphatic hydroxyl groups is 1. The fourth-order valence-electron chi connectivity index (χ4n) is 1.37. The Morgan fingerprint density at radius 1 is 1.21 bits per heavy atom. The predicted molar refractivity (Wildman–Crippen MR) is 71.2 cm³/mol. The van der Waals surface area contributed by atoms with Crippen LogP contribution in [0.3, 0.4) is 0 Å². The zero-order valence-corrected chi connectivity index (χ0v) is 11.5. The maximum atomic E-state index is 11.8. The van der Waals surface area contributed by atoms with Crippen LogP contribution in [0.5, 0.6) is 0 Å². The summed E-state index contributed by atoms with van der Waals surface area (Å²) in [5.74, 6) is 0. The third-order valence-corrected chi connectivity index (χ3v) is 3.78. The van der Waals surface area contributed by atoms with E-state index in [-0.39, 0.29) is 11.5 Å². The quantitative estimate of drug-likeness (QED) is 0.673. The summed E-state index contributed by atoms with van der Waals surface area (Å²) in [7, 11) is -3.83. The number of aliphatic hydroxyl groups excluding tert-OH is 1. The number of unbranched alkanes of at least 4 members (excludes halogenated alkanes) is 1. The van der Waals surface area contributed by atoms with E-state index in [2.05, 4.69) is 5.32 Å². The molecule has 0 aromatic heterocycles. The lowest BCUT2D eigenvalue weighted by atomic mass is 10.2. The SMILES string of the molecule is Cc1ccc(S(=O)(=O)NC(=O)NCCCCO)cc1. The highest BCUT2D eigenvalue weighted by Gasteiger charge is 2.16. The second-order valence-electron chi connectivity index (χ2n) is 4.11. The van der Waals surface area contributed by atoms with Gasteiger partial charge in [-0.25, -0.2) is 17.9 Å². The standard InChI is InChI=1S/C12H18N2O4S/c1-10-4-6-11(7-5-10)19(17,18)14-12(16)13-8-2-3-9-15/h4-7,15H,2-3,8-9H2,1H3,(H2,13,14,16). The number of carbonyl (C=O) groups is 1. The summed E-state index contributed by atoms with van der Waals surface area (Å²) < 4.78 is 25.6. The van der Waals surface area contributed by atoms with Gasteiger partial charge in [-0.05, 0) is 31.9 Å². The van der Waals surface area contributed by atoms with Crippen LogP contribution in [-0.4, -0.2) is 32.7 Å². The molecule has 0 fully saturated rings. The number of benzene rings is 1. The van der Waals surface area contributed by atoms with Gasteiger partial charge in [0.25, 0.3) is 10.0 Å². The van der Waals surface area contributed by atoms with Crippen molar-refractivity contribution in [2.75, 3.05) is 13.2 Å². The van der Waals surface area contributed by atoms with Crippen LogP contribution in [0.1, 0.15) is 18.4 Å². The first kappa shape index (κ1) is 15.5. The van der Waals surface area contributed by atoms with Crippen molar-refractivity contribution < 1.29 is 18.3 Å². The van der Waals surface area contributed by atoms with Crippen LogP contribution >= 0.6 is 0 Å². The van der Waals surface area contributed by atoms with Crippen molar-refractivity contribution in [3.63, 3.8) is 0 Å². The maximum Gasteiger partial charge on any atom is 0.328 e. The smallest absolute Gasteiger partial charge is 0.328 e. The highest BCUT2D eigenvalue weighted by atomic mass is 32.2. The topological polar surface area (TPSA) is 95.5 Å². The molecule has 0 heterocycles. The lowest BCUT2D eigenvalue weighted by Crippen LogP contribution is -2.39. The van der Waals surface area contributed by atoms with Gasteiger partial charge in [0.15, 0.2) is 0 Å². The fourth-order valence-corrected chi connectivity index (χ4v) is 2.30. The Bertz CT molecular complexity index is 511. The molecular formula is C12H18N2O4S. The van der Waals surface area contributed by atoms with E-state index in [4.69, 9.17) is 5.11 Å². The Morgan fingerprint density at radius 3 is 2.42 bits per heavy atom. The van der Waals surface area contributed by atoms with E-state index in [0.717, 1.165) is 5.56 Å². The van der Waals surface area contributed by atoms with Gasteiger partial charge in [-0.15, -0.1) is 0 Å². The molecule has 0 atom stereocenters. The van der Waals surface area contributed by atoms with E-state index in [1.807, 2.05) is 11.6 Å². The Hall–Kier alpha value is -1.60. The zero-order chi connectivity index (χ0) is 14.3. The molecule has 3 N–H and O–H groups in total. The molecule has 1 aromatic rings. The lowest BCUT2D eigenvalue weighted by molar-refractivity contribution is 0.244. The van der Waals surface area contributed by atoms with E-state index in [9.17, 15) is 13.2 Å². The number of aryl methyl sites for hydroxylation is 1. The number of hydrogen-bond donors (Lipinski definition) is 3. The summed E-state index contributed by atoms with van der Waals surface area (Å²) >= 11 is 0. The number of nitrogens with one attached hydrogen (secondary N) is 2.